The van der Waals surface area contributed by atoms with Crippen LogP contribution in [0.1, 0.15) is 76.5 Å². The zero-order valence-corrected chi connectivity index (χ0v) is 27.5. The lowest BCUT2D eigenvalue weighted by Crippen LogP contribution is -2.61. The summed E-state index contributed by atoms with van der Waals surface area (Å²) in [6.45, 7) is 1.32. The third kappa shape index (κ3) is 5.92. The molecule has 1 saturated carbocycles. The fourth-order valence-corrected chi connectivity index (χ4v) is 8.28. The zero-order valence-electron chi connectivity index (χ0n) is 26.7. The molecule has 10 heteroatoms. The normalized spacial score (nSPS) is 17.1. The predicted molar refractivity (Wildman–Crippen MR) is 186 cm³/mol. The monoisotopic (exact) mass is 649 g/mol. The fourth-order valence-electron chi connectivity index (χ4n) is 7.40. The highest BCUT2D eigenvalue weighted by Gasteiger charge is 2.42. The Hall–Kier alpha value is -4.54. The molecular formula is C37H39N5O4S. The molecule has 2 aliphatic rings. The first-order chi connectivity index (χ1) is 22.7. The average Bonchev–Trinajstić information content (AvgIpc) is 3.65. The summed E-state index contributed by atoms with van der Waals surface area (Å²) in [6, 6.07) is 18.9. The second-order valence-electron chi connectivity index (χ2n) is 13.1. The third-order valence-corrected chi connectivity index (χ3v) is 11.1. The number of amides is 2. The van der Waals surface area contributed by atoms with Gasteiger partial charge in [-0.3, -0.25) is 14.6 Å². The molecule has 1 saturated heterocycles. The van der Waals surface area contributed by atoms with E-state index in [1.165, 1.54) is 36.2 Å². The third-order valence-electron chi connectivity index (χ3n) is 10.0. The number of nitrogens with one attached hydrogen (secondary N) is 2. The smallest absolute Gasteiger partial charge is 0.345 e. The molecule has 7 rings (SSSR count). The molecule has 9 nitrogen and oxygen atoms in total. The predicted octanol–water partition coefficient (Wildman–Crippen LogP) is 7.03. The van der Waals surface area contributed by atoms with Crippen LogP contribution in [-0.4, -0.2) is 63.0 Å². The van der Waals surface area contributed by atoms with E-state index in [4.69, 9.17) is 4.98 Å². The van der Waals surface area contributed by atoms with E-state index in [1.807, 2.05) is 43.6 Å². The summed E-state index contributed by atoms with van der Waals surface area (Å²) in [5, 5.41) is 17.5. The topological polar surface area (TPSA) is 117 Å². The molecule has 0 atom stereocenters. The molecule has 2 fully saturated rings. The highest BCUT2D eigenvalue weighted by atomic mass is 32.1. The van der Waals surface area contributed by atoms with Crippen molar-refractivity contribution in [2.24, 2.45) is 7.05 Å². The summed E-state index contributed by atoms with van der Waals surface area (Å²) in [5.74, 6) is -1.09. The molecule has 0 radical (unpaired) electrons. The van der Waals surface area contributed by atoms with Gasteiger partial charge in [0.1, 0.15) is 10.4 Å². The van der Waals surface area contributed by atoms with E-state index in [-0.39, 0.29) is 16.7 Å². The number of rotatable bonds is 7. The first-order valence-corrected chi connectivity index (χ1v) is 17.2. The van der Waals surface area contributed by atoms with Gasteiger partial charge in [-0.25, -0.2) is 4.79 Å². The van der Waals surface area contributed by atoms with Gasteiger partial charge in [0.25, 0.3) is 5.91 Å². The second kappa shape index (κ2) is 12.6. The maximum Gasteiger partial charge on any atom is 0.345 e. The van der Waals surface area contributed by atoms with Gasteiger partial charge in [-0.05, 0) is 98.1 Å². The fraction of sp³-hybridized carbons (Fsp3) is 0.351. The number of hydrogen-bond acceptors (Lipinski definition) is 6. The summed E-state index contributed by atoms with van der Waals surface area (Å²) in [5.41, 5.74) is 4.30. The van der Waals surface area contributed by atoms with E-state index in [9.17, 15) is 19.5 Å². The van der Waals surface area contributed by atoms with Crippen molar-refractivity contribution in [2.45, 2.75) is 56.4 Å². The van der Waals surface area contributed by atoms with E-state index >= 15 is 0 Å². The molecule has 0 spiro atoms. The van der Waals surface area contributed by atoms with Gasteiger partial charge >= 0.3 is 5.97 Å². The maximum absolute atomic E-state index is 14.0. The van der Waals surface area contributed by atoms with Crippen molar-refractivity contribution >= 4 is 55.8 Å². The Morgan fingerprint density at radius 3 is 2.47 bits per heavy atom. The Labute approximate surface area is 277 Å². The number of carbonyl (C=O) groups is 3. The summed E-state index contributed by atoms with van der Waals surface area (Å²) in [4.78, 5) is 46.6. The Morgan fingerprint density at radius 2 is 1.74 bits per heavy atom. The number of aromatic nitrogens is 2. The van der Waals surface area contributed by atoms with Gasteiger partial charge in [0, 0.05) is 53.2 Å². The number of benzene rings is 2. The Bertz CT molecular complexity index is 1980. The van der Waals surface area contributed by atoms with Crippen LogP contribution in [0.3, 0.4) is 0 Å². The highest BCUT2D eigenvalue weighted by Crippen LogP contribution is 2.43. The number of anilines is 1. The van der Waals surface area contributed by atoms with E-state index in [0.717, 1.165) is 45.2 Å². The van der Waals surface area contributed by atoms with Crippen molar-refractivity contribution in [3.05, 3.63) is 82.9 Å². The quantitative estimate of drug-likeness (QED) is 0.174. The minimum atomic E-state index is -1.10. The van der Waals surface area contributed by atoms with Crippen LogP contribution < -0.4 is 10.6 Å². The number of pyridine rings is 1. The Kier molecular flexibility index (Phi) is 8.32. The van der Waals surface area contributed by atoms with Crippen molar-refractivity contribution in [1.82, 2.24) is 19.8 Å². The molecule has 0 unspecified atom stereocenters. The molecule has 2 amide bonds. The van der Waals surface area contributed by atoms with Crippen LogP contribution in [0.2, 0.25) is 0 Å². The number of aryl methyl sites for hydroxylation is 1. The average molecular weight is 650 g/mol. The summed E-state index contributed by atoms with van der Waals surface area (Å²) < 4.78 is 3.00. The lowest BCUT2D eigenvalue weighted by atomic mass is 9.82. The summed E-state index contributed by atoms with van der Waals surface area (Å²) in [6.07, 6.45) is 8.75. The number of thiophene rings is 1. The molecule has 242 valence electrons. The van der Waals surface area contributed by atoms with Crippen LogP contribution in [0.25, 0.3) is 32.4 Å². The number of carboxylic acids is 1. The van der Waals surface area contributed by atoms with Crippen molar-refractivity contribution in [3.8, 4) is 11.4 Å². The number of nitrogens with zero attached hydrogens (tertiary/aromatic N) is 3. The Morgan fingerprint density at radius 1 is 0.957 bits per heavy atom. The van der Waals surface area contributed by atoms with Crippen LogP contribution in [0.15, 0.2) is 66.9 Å². The van der Waals surface area contributed by atoms with E-state index in [2.05, 4.69) is 39.3 Å². The number of aromatic carboxylic acids is 1. The first-order valence-electron chi connectivity index (χ1n) is 16.4. The number of likely N-dealkylation sites (tertiary alicyclic amines) is 1. The lowest BCUT2D eigenvalue weighted by molar-refractivity contribution is -0.123. The SMILES string of the molecule is CN1CCC(NC(=O)c2ccc3c(C4CCCCC4)c(-c4ccccn4)n(C)c3c2)(C(=O)Nc2ccc3sc(C(=O)O)cc3c2)CC1. The largest absolute Gasteiger partial charge is 0.477 e. The zero-order chi connectivity index (χ0) is 32.7. The number of carbonyl (C=O) groups excluding carboxylic acids is 2. The van der Waals surface area contributed by atoms with Crippen LogP contribution in [0.5, 0.6) is 0 Å². The molecule has 5 aromatic rings. The minimum absolute atomic E-state index is 0.246. The number of fused-ring (bicyclic) bond motifs is 2. The summed E-state index contributed by atoms with van der Waals surface area (Å²) >= 11 is 1.20. The summed E-state index contributed by atoms with van der Waals surface area (Å²) in [7, 11) is 4.07. The van der Waals surface area contributed by atoms with E-state index in [0.29, 0.717) is 43.1 Å². The van der Waals surface area contributed by atoms with Crippen LogP contribution >= 0.6 is 11.3 Å². The number of piperidine rings is 1. The lowest BCUT2D eigenvalue weighted by Gasteiger charge is -2.40. The van der Waals surface area contributed by atoms with Gasteiger partial charge in [-0.15, -0.1) is 11.3 Å². The molecular weight excluding hydrogens is 611 g/mol. The number of carboxylic acid groups (broad SMARTS) is 1. The van der Waals surface area contributed by atoms with Crippen molar-refractivity contribution in [1.29, 1.82) is 0 Å². The molecule has 1 aliphatic carbocycles. The van der Waals surface area contributed by atoms with Crippen LogP contribution in [0.4, 0.5) is 5.69 Å². The van der Waals surface area contributed by atoms with Gasteiger partial charge in [0.2, 0.25) is 5.91 Å². The maximum atomic E-state index is 14.0. The first kappa shape index (κ1) is 31.1. The minimum Gasteiger partial charge on any atom is -0.477 e. The molecule has 4 heterocycles. The molecule has 47 heavy (non-hydrogen) atoms. The molecule has 2 aromatic carbocycles. The van der Waals surface area contributed by atoms with Gasteiger partial charge in [-0.2, -0.15) is 0 Å². The molecule has 1 aliphatic heterocycles. The molecule has 3 N–H and O–H groups in total. The van der Waals surface area contributed by atoms with Gasteiger partial charge < -0.3 is 25.2 Å². The van der Waals surface area contributed by atoms with Crippen LogP contribution in [0, 0.1) is 0 Å². The van der Waals surface area contributed by atoms with Gasteiger partial charge in [-0.1, -0.05) is 31.4 Å². The standard InChI is InChI=1S/C37H39N5O4S/c1-41-18-15-37(16-19-41,36(46)39-26-12-14-30-25(20-26)22-31(47-30)35(44)45)40-34(43)24-11-13-27-29(21-24)42(2)33(28-10-6-7-17-38-28)32(27)23-8-4-3-5-9-23/h6-7,10-14,17,20-23H,3-5,8-9,15-16,18-19H2,1-2H3,(H,39,46)(H,40,43)(H,44,45). The van der Waals surface area contributed by atoms with Gasteiger partial charge in [0.15, 0.2) is 0 Å². The number of hydrogen-bond donors (Lipinski definition) is 3. The second-order valence-corrected chi connectivity index (χ2v) is 14.1. The van der Waals surface area contributed by atoms with Crippen molar-refractivity contribution in [2.75, 3.05) is 25.5 Å². The highest BCUT2D eigenvalue weighted by molar-refractivity contribution is 7.20. The van der Waals surface area contributed by atoms with Crippen LogP contribution in [-0.2, 0) is 11.8 Å². The van der Waals surface area contributed by atoms with Gasteiger partial charge in [0.05, 0.1) is 11.4 Å². The van der Waals surface area contributed by atoms with Crippen molar-refractivity contribution in [3.63, 3.8) is 0 Å². The Balaban J connectivity index is 1.20. The van der Waals surface area contributed by atoms with E-state index in [1.54, 1.807) is 18.2 Å². The molecule has 0 bridgehead atoms. The van der Waals surface area contributed by atoms with Crippen molar-refractivity contribution < 1.29 is 19.5 Å². The molecule has 3 aromatic heterocycles. The van der Waals surface area contributed by atoms with E-state index < -0.39 is 11.5 Å².